The minimum absolute atomic E-state index is 0.137. The zero-order chi connectivity index (χ0) is 14.5. The van der Waals surface area contributed by atoms with Crippen molar-refractivity contribution in [1.29, 1.82) is 0 Å². The summed E-state index contributed by atoms with van der Waals surface area (Å²) in [4.78, 5) is 18.1. The number of rotatable bonds is 4. The Labute approximate surface area is 125 Å². The third-order valence-corrected chi connectivity index (χ3v) is 3.66. The Morgan fingerprint density at radius 3 is 2.80 bits per heavy atom. The first-order chi connectivity index (χ1) is 9.63. The highest BCUT2D eigenvalue weighted by Crippen LogP contribution is 2.19. The Hall–Kier alpha value is -1.92. The lowest BCUT2D eigenvalue weighted by Crippen LogP contribution is -2.28. The van der Waals surface area contributed by atoms with Crippen LogP contribution in [0.3, 0.4) is 0 Å². The monoisotopic (exact) mass is 334 g/mol. The third-order valence-electron chi connectivity index (χ3n) is 2.89. The van der Waals surface area contributed by atoms with Crippen LogP contribution in [0.1, 0.15) is 15.9 Å². The van der Waals surface area contributed by atoms with E-state index in [0.29, 0.717) is 17.9 Å². The summed E-state index contributed by atoms with van der Waals surface area (Å²) in [5, 5.41) is 0. The first-order valence-electron chi connectivity index (χ1n) is 6.04. The molecule has 0 unspecified atom stereocenters. The molecule has 0 saturated carbocycles. The van der Waals surface area contributed by atoms with Gasteiger partial charge < -0.3 is 10.3 Å². The van der Waals surface area contributed by atoms with Gasteiger partial charge in [-0.15, -0.1) is 0 Å². The zero-order valence-electron chi connectivity index (χ0n) is 11.0. The maximum absolute atomic E-state index is 12.4. The van der Waals surface area contributed by atoms with Crippen molar-refractivity contribution >= 4 is 27.7 Å². The van der Waals surface area contributed by atoms with E-state index in [4.69, 9.17) is 5.84 Å². The van der Waals surface area contributed by atoms with Crippen molar-refractivity contribution < 1.29 is 4.79 Å². The molecule has 2 aromatic rings. The molecule has 20 heavy (non-hydrogen) atoms. The molecule has 0 aliphatic heterocycles. The molecular weight excluding hydrogens is 320 g/mol. The van der Waals surface area contributed by atoms with E-state index in [2.05, 4.69) is 26.3 Å². The van der Waals surface area contributed by atoms with E-state index in [1.165, 1.54) is 0 Å². The number of nitrogens with two attached hydrogens (primary N) is 1. The fourth-order valence-corrected chi connectivity index (χ4v) is 2.26. The summed E-state index contributed by atoms with van der Waals surface area (Å²) in [6.07, 6.45) is 1.58. The predicted molar refractivity (Wildman–Crippen MR) is 82.0 cm³/mol. The van der Waals surface area contributed by atoms with Gasteiger partial charge in [0, 0.05) is 24.3 Å². The molecule has 0 bridgehead atoms. The van der Waals surface area contributed by atoms with Gasteiger partial charge in [-0.2, -0.15) is 0 Å². The number of halogens is 1. The number of hydrogen-bond donors (Lipinski definition) is 2. The van der Waals surface area contributed by atoms with Gasteiger partial charge >= 0.3 is 0 Å². The van der Waals surface area contributed by atoms with E-state index in [1.54, 1.807) is 30.3 Å². The highest BCUT2D eigenvalue weighted by atomic mass is 79.9. The summed E-state index contributed by atoms with van der Waals surface area (Å²) in [5.41, 5.74) is 3.92. The first kappa shape index (κ1) is 14.5. The molecule has 0 radical (unpaired) electrons. The lowest BCUT2D eigenvalue weighted by Gasteiger charge is -2.19. The number of carbonyl (C=O) groups excluding carboxylic acids is 1. The van der Waals surface area contributed by atoms with E-state index in [0.717, 1.165) is 10.0 Å². The third kappa shape index (κ3) is 3.15. The van der Waals surface area contributed by atoms with E-state index < -0.39 is 0 Å². The molecule has 0 fully saturated rings. The molecule has 1 aromatic carbocycles. The smallest absolute Gasteiger partial charge is 0.257 e. The number of nitrogens with one attached hydrogen (secondary N) is 1. The van der Waals surface area contributed by atoms with Gasteiger partial charge in [0.15, 0.2) is 5.82 Å². The summed E-state index contributed by atoms with van der Waals surface area (Å²) in [5.74, 6) is 5.61. The standard InChI is InChI=1S/C14H15BrN4O/c1-19(9-10-5-2-3-7-12(10)15)14(20)11-6-4-8-17-13(11)18-16/h2-8H,9,16H2,1H3,(H,17,18). The minimum Gasteiger partial charge on any atom is -0.337 e. The first-order valence-corrected chi connectivity index (χ1v) is 6.83. The molecule has 5 nitrogen and oxygen atoms in total. The summed E-state index contributed by atoms with van der Waals surface area (Å²) < 4.78 is 0.975. The number of nitrogen functional groups attached to an aromatic ring is 1. The normalized spacial score (nSPS) is 10.2. The SMILES string of the molecule is CN(Cc1ccccc1Br)C(=O)c1cccnc1NN. The van der Waals surface area contributed by atoms with Crippen LogP contribution in [0, 0.1) is 0 Å². The lowest BCUT2D eigenvalue weighted by atomic mass is 10.2. The average Bonchev–Trinajstić information content (AvgIpc) is 2.48. The van der Waals surface area contributed by atoms with Gasteiger partial charge in [-0.25, -0.2) is 10.8 Å². The number of hydrazine groups is 1. The Bertz CT molecular complexity index is 618. The van der Waals surface area contributed by atoms with Crippen LogP contribution < -0.4 is 11.3 Å². The molecule has 3 N–H and O–H groups in total. The summed E-state index contributed by atoms with van der Waals surface area (Å²) in [7, 11) is 1.75. The fourth-order valence-electron chi connectivity index (χ4n) is 1.85. The van der Waals surface area contributed by atoms with Gasteiger partial charge in [0.2, 0.25) is 0 Å². The second-order valence-electron chi connectivity index (χ2n) is 4.30. The molecule has 1 heterocycles. The molecule has 0 atom stereocenters. The highest BCUT2D eigenvalue weighted by Gasteiger charge is 2.16. The van der Waals surface area contributed by atoms with Crippen molar-refractivity contribution in [2.75, 3.05) is 12.5 Å². The number of aromatic nitrogens is 1. The van der Waals surface area contributed by atoms with Crippen LogP contribution >= 0.6 is 15.9 Å². The summed E-state index contributed by atoms with van der Waals surface area (Å²) >= 11 is 3.48. The number of hydrogen-bond acceptors (Lipinski definition) is 4. The van der Waals surface area contributed by atoms with Crippen LogP contribution in [0.25, 0.3) is 0 Å². The second-order valence-corrected chi connectivity index (χ2v) is 5.15. The van der Waals surface area contributed by atoms with E-state index >= 15 is 0 Å². The fraction of sp³-hybridized carbons (Fsp3) is 0.143. The number of pyridine rings is 1. The van der Waals surface area contributed by atoms with Crippen molar-refractivity contribution in [3.8, 4) is 0 Å². The molecule has 0 aliphatic carbocycles. The Morgan fingerprint density at radius 2 is 2.10 bits per heavy atom. The van der Waals surface area contributed by atoms with Crippen molar-refractivity contribution in [3.63, 3.8) is 0 Å². The van der Waals surface area contributed by atoms with Crippen molar-refractivity contribution in [2.45, 2.75) is 6.54 Å². The van der Waals surface area contributed by atoms with E-state index in [-0.39, 0.29) is 5.91 Å². The Balaban J connectivity index is 2.19. The zero-order valence-corrected chi connectivity index (χ0v) is 12.6. The van der Waals surface area contributed by atoms with Gasteiger partial charge in [0.25, 0.3) is 5.91 Å². The molecule has 2 rings (SSSR count). The highest BCUT2D eigenvalue weighted by molar-refractivity contribution is 9.10. The van der Waals surface area contributed by atoms with Crippen LogP contribution in [-0.2, 0) is 6.54 Å². The molecule has 6 heteroatoms. The molecule has 104 valence electrons. The summed E-state index contributed by atoms with van der Waals surface area (Å²) in [6.45, 7) is 0.499. The number of benzene rings is 1. The molecule has 1 aromatic heterocycles. The quantitative estimate of drug-likeness (QED) is 0.665. The summed E-state index contributed by atoms with van der Waals surface area (Å²) in [6, 6.07) is 11.2. The van der Waals surface area contributed by atoms with Gasteiger partial charge in [0.05, 0.1) is 5.56 Å². The van der Waals surface area contributed by atoms with E-state index in [9.17, 15) is 4.79 Å². The topological polar surface area (TPSA) is 71.2 Å². The maximum atomic E-state index is 12.4. The molecule has 0 saturated heterocycles. The maximum Gasteiger partial charge on any atom is 0.257 e. The van der Waals surface area contributed by atoms with Crippen molar-refractivity contribution in [1.82, 2.24) is 9.88 Å². The van der Waals surface area contributed by atoms with E-state index in [1.807, 2.05) is 24.3 Å². The predicted octanol–water partition coefficient (Wildman–Crippen LogP) is 2.40. The molecule has 0 spiro atoms. The van der Waals surface area contributed by atoms with Crippen LogP contribution in [0.2, 0.25) is 0 Å². The molecular formula is C14H15BrN4O. The second kappa shape index (κ2) is 6.49. The Kier molecular flexibility index (Phi) is 4.70. The molecule has 0 aliphatic rings. The van der Waals surface area contributed by atoms with Crippen LogP contribution in [0.5, 0.6) is 0 Å². The number of anilines is 1. The minimum atomic E-state index is -0.137. The number of nitrogens with zero attached hydrogens (tertiary/aromatic N) is 2. The lowest BCUT2D eigenvalue weighted by molar-refractivity contribution is 0.0785. The van der Waals surface area contributed by atoms with Crippen LogP contribution in [0.15, 0.2) is 47.1 Å². The van der Waals surface area contributed by atoms with Crippen molar-refractivity contribution in [3.05, 3.63) is 58.2 Å². The van der Waals surface area contributed by atoms with Crippen molar-refractivity contribution in [2.24, 2.45) is 5.84 Å². The van der Waals surface area contributed by atoms with Gasteiger partial charge in [-0.3, -0.25) is 4.79 Å². The average molecular weight is 335 g/mol. The van der Waals surface area contributed by atoms with Gasteiger partial charge in [-0.1, -0.05) is 34.1 Å². The van der Waals surface area contributed by atoms with Gasteiger partial charge in [0.1, 0.15) is 0 Å². The Morgan fingerprint density at radius 1 is 1.35 bits per heavy atom. The molecule has 1 amide bonds. The van der Waals surface area contributed by atoms with Crippen LogP contribution in [-0.4, -0.2) is 22.8 Å². The van der Waals surface area contributed by atoms with Crippen LogP contribution in [0.4, 0.5) is 5.82 Å². The van der Waals surface area contributed by atoms with Gasteiger partial charge in [-0.05, 0) is 23.8 Å². The number of carbonyl (C=O) groups is 1. The number of amides is 1. The largest absolute Gasteiger partial charge is 0.337 e.